The van der Waals surface area contributed by atoms with Crippen LogP contribution in [0.2, 0.25) is 0 Å². The Morgan fingerprint density at radius 3 is 2.52 bits per heavy atom. The highest BCUT2D eigenvalue weighted by molar-refractivity contribution is 14.0. The van der Waals surface area contributed by atoms with Gasteiger partial charge in [0.25, 0.3) is 0 Å². The van der Waals surface area contributed by atoms with Gasteiger partial charge in [-0.05, 0) is 45.3 Å². The predicted molar refractivity (Wildman–Crippen MR) is 110 cm³/mol. The van der Waals surface area contributed by atoms with Crippen molar-refractivity contribution >= 4 is 29.9 Å². The van der Waals surface area contributed by atoms with Crippen molar-refractivity contribution in [3.05, 3.63) is 0 Å². The molecule has 138 valence electrons. The molecule has 0 aromatic carbocycles. The van der Waals surface area contributed by atoms with Crippen LogP contribution in [-0.2, 0) is 4.74 Å². The van der Waals surface area contributed by atoms with Gasteiger partial charge in [0.2, 0.25) is 0 Å². The Morgan fingerprint density at radius 1 is 1.26 bits per heavy atom. The van der Waals surface area contributed by atoms with Crippen LogP contribution in [0.5, 0.6) is 0 Å². The van der Waals surface area contributed by atoms with Gasteiger partial charge in [-0.1, -0.05) is 13.8 Å². The van der Waals surface area contributed by atoms with Crippen LogP contribution < -0.4 is 5.32 Å². The van der Waals surface area contributed by atoms with E-state index in [9.17, 15) is 0 Å². The molecular weight excluding hydrogens is 403 g/mol. The van der Waals surface area contributed by atoms with E-state index in [4.69, 9.17) is 4.74 Å². The second kappa shape index (κ2) is 14.3. The normalized spacial score (nSPS) is 18.4. The molecule has 5 nitrogen and oxygen atoms in total. The molecule has 0 aliphatic carbocycles. The van der Waals surface area contributed by atoms with Crippen molar-refractivity contribution in [2.75, 3.05) is 60.0 Å². The number of aliphatic imine (C=N–C) groups is 1. The Kier molecular flexibility index (Phi) is 14.2. The second-order valence-corrected chi connectivity index (χ2v) is 6.23. The third-order valence-corrected chi connectivity index (χ3v) is 4.21. The highest BCUT2D eigenvalue weighted by Crippen LogP contribution is 2.16. The Morgan fingerprint density at radius 2 is 1.96 bits per heavy atom. The van der Waals surface area contributed by atoms with Crippen molar-refractivity contribution in [2.24, 2.45) is 10.9 Å². The molecule has 1 aliphatic heterocycles. The zero-order valence-corrected chi connectivity index (χ0v) is 17.8. The fourth-order valence-electron chi connectivity index (χ4n) is 3.20. The van der Waals surface area contributed by atoms with Crippen LogP contribution in [0.3, 0.4) is 0 Å². The SMILES string of the molecule is CCCN(CCC)CCCNC(=NC)N1CCC(COC)C1.I. The van der Waals surface area contributed by atoms with Crippen molar-refractivity contribution in [3.8, 4) is 0 Å². The third kappa shape index (κ3) is 9.10. The van der Waals surface area contributed by atoms with Crippen LogP contribution in [0.25, 0.3) is 0 Å². The standard InChI is InChI=1S/C17H36N4O.HI/c1-5-10-20(11-6-2)12-7-9-19-17(18-3)21-13-8-16(14-21)15-22-4;/h16H,5-15H2,1-4H3,(H,18,19);1H. The summed E-state index contributed by atoms with van der Waals surface area (Å²) in [4.78, 5) is 9.36. The first-order valence-electron chi connectivity index (χ1n) is 8.92. The maximum Gasteiger partial charge on any atom is 0.193 e. The number of hydrogen-bond acceptors (Lipinski definition) is 3. The lowest BCUT2D eigenvalue weighted by atomic mass is 10.1. The van der Waals surface area contributed by atoms with Crippen LogP contribution in [0.15, 0.2) is 4.99 Å². The van der Waals surface area contributed by atoms with Crippen molar-refractivity contribution in [1.82, 2.24) is 15.1 Å². The number of halogens is 1. The average molecular weight is 440 g/mol. The summed E-state index contributed by atoms with van der Waals surface area (Å²) in [5.74, 6) is 1.70. The van der Waals surface area contributed by atoms with Crippen molar-refractivity contribution in [3.63, 3.8) is 0 Å². The lowest BCUT2D eigenvalue weighted by Gasteiger charge is -2.23. The molecule has 6 heteroatoms. The molecule has 1 heterocycles. The quantitative estimate of drug-likeness (QED) is 0.246. The van der Waals surface area contributed by atoms with E-state index in [0.29, 0.717) is 5.92 Å². The minimum absolute atomic E-state index is 0. The number of methoxy groups -OCH3 is 1. The van der Waals surface area contributed by atoms with Crippen molar-refractivity contribution in [2.45, 2.75) is 39.5 Å². The molecule has 0 amide bonds. The zero-order valence-electron chi connectivity index (χ0n) is 15.5. The molecule has 0 spiro atoms. The van der Waals surface area contributed by atoms with E-state index in [1.54, 1.807) is 7.11 Å². The van der Waals surface area contributed by atoms with Crippen LogP contribution in [0.1, 0.15) is 39.5 Å². The monoisotopic (exact) mass is 440 g/mol. The molecule has 1 fully saturated rings. The van der Waals surface area contributed by atoms with Gasteiger partial charge >= 0.3 is 0 Å². The Hall–Kier alpha value is -0.0800. The van der Waals surface area contributed by atoms with Gasteiger partial charge in [-0.15, -0.1) is 24.0 Å². The van der Waals surface area contributed by atoms with E-state index < -0.39 is 0 Å². The van der Waals surface area contributed by atoms with E-state index in [0.717, 1.165) is 32.2 Å². The molecule has 23 heavy (non-hydrogen) atoms. The van der Waals surface area contributed by atoms with Crippen LogP contribution in [0, 0.1) is 5.92 Å². The molecule has 0 aromatic rings. The summed E-state index contributed by atoms with van der Waals surface area (Å²) >= 11 is 0. The maximum absolute atomic E-state index is 5.27. The average Bonchev–Trinajstić information content (AvgIpc) is 2.96. The Balaban J connectivity index is 0.00000484. The van der Waals surface area contributed by atoms with Crippen molar-refractivity contribution in [1.29, 1.82) is 0 Å². The van der Waals surface area contributed by atoms with E-state index in [2.05, 4.69) is 34.0 Å². The molecule has 1 rings (SSSR count). The number of nitrogens with one attached hydrogen (secondary N) is 1. The first-order valence-corrected chi connectivity index (χ1v) is 8.92. The van der Waals surface area contributed by atoms with E-state index >= 15 is 0 Å². The van der Waals surface area contributed by atoms with E-state index in [1.165, 1.54) is 45.3 Å². The number of nitrogens with zero attached hydrogens (tertiary/aromatic N) is 3. The van der Waals surface area contributed by atoms with Crippen LogP contribution in [0.4, 0.5) is 0 Å². The van der Waals surface area contributed by atoms with Gasteiger partial charge in [0.1, 0.15) is 0 Å². The lowest BCUT2D eigenvalue weighted by Crippen LogP contribution is -2.41. The summed E-state index contributed by atoms with van der Waals surface area (Å²) < 4.78 is 5.27. The van der Waals surface area contributed by atoms with Gasteiger partial charge in [-0.3, -0.25) is 4.99 Å². The number of hydrogen-bond donors (Lipinski definition) is 1. The molecule has 1 atom stereocenters. The first-order chi connectivity index (χ1) is 10.7. The number of rotatable bonds is 10. The number of guanidine groups is 1. The molecule has 1 saturated heterocycles. The predicted octanol–water partition coefficient (Wildman–Crippen LogP) is 2.66. The lowest BCUT2D eigenvalue weighted by molar-refractivity contribution is 0.157. The van der Waals surface area contributed by atoms with E-state index in [1.807, 2.05) is 7.05 Å². The van der Waals surface area contributed by atoms with Gasteiger partial charge in [-0.25, -0.2) is 0 Å². The van der Waals surface area contributed by atoms with Gasteiger partial charge in [0, 0.05) is 39.7 Å². The molecule has 1 unspecified atom stereocenters. The summed E-state index contributed by atoms with van der Waals surface area (Å²) in [5.41, 5.74) is 0. The minimum Gasteiger partial charge on any atom is -0.384 e. The smallest absolute Gasteiger partial charge is 0.193 e. The number of likely N-dealkylation sites (tertiary alicyclic amines) is 1. The summed E-state index contributed by atoms with van der Waals surface area (Å²) in [7, 11) is 3.67. The Labute approximate surface area is 160 Å². The topological polar surface area (TPSA) is 40.1 Å². The summed E-state index contributed by atoms with van der Waals surface area (Å²) in [6.45, 7) is 12.1. The largest absolute Gasteiger partial charge is 0.384 e. The first kappa shape index (κ1) is 22.9. The summed E-state index contributed by atoms with van der Waals surface area (Å²) in [6, 6.07) is 0. The second-order valence-electron chi connectivity index (χ2n) is 6.23. The molecule has 1 N–H and O–H groups in total. The van der Waals surface area contributed by atoms with Crippen LogP contribution >= 0.6 is 24.0 Å². The van der Waals surface area contributed by atoms with Crippen LogP contribution in [-0.4, -0.2) is 75.8 Å². The van der Waals surface area contributed by atoms with E-state index in [-0.39, 0.29) is 24.0 Å². The summed E-state index contributed by atoms with van der Waals surface area (Å²) in [5, 5.41) is 3.52. The fourth-order valence-corrected chi connectivity index (χ4v) is 3.20. The molecular formula is C17H37IN4O. The molecule has 0 radical (unpaired) electrons. The van der Waals surface area contributed by atoms with Gasteiger partial charge < -0.3 is 19.9 Å². The highest BCUT2D eigenvalue weighted by atomic mass is 127. The summed E-state index contributed by atoms with van der Waals surface area (Å²) in [6.07, 6.45) is 4.86. The zero-order chi connectivity index (χ0) is 16.2. The third-order valence-electron chi connectivity index (χ3n) is 4.21. The minimum atomic E-state index is 0. The maximum atomic E-state index is 5.27. The molecule has 0 saturated carbocycles. The fraction of sp³-hybridized carbons (Fsp3) is 0.941. The molecule has 1 aliphatic rings. The van der Waals surface area contributed by atoms with Crippen molar-refractivity contribution < 1.29 is 4.74 Å². The Bertz CT molecular complexity index is 309. The number of ether oxygens (including phenoxy) is 1. The highest BCUT2D eigenvalue weighted by Gasteiger charge is 2.24. The van der Waals surface area contributed by atoms with Gasteiger partial charge in [-0.2, -0.15) is 0 Å². The molecule has 0 bridgehead atoms. The van der Waals surface area contributed by atoms with Gasteiger partial charge in [0.15, 0.2) is 5.96 Å². The molecule has 0 aromatic heterocycles. The van der Waals surface area contributed by atoms with Gasteiger partial charge in [0.05, 0.1) is 6.61 Å².